The van der Waals surface area contributed by atoms with Crippen molar-refractivity contribution in [2.45, 2.75) is 13.1 Å². The van der Waals surface area contributed by atoms with Crippen LogP contribution in [-0.4, -0.2) is 32.0 Å². The third-order valence-electron chi connectivity index (χ3n) is 3.46. The summed E-state index contributed by atoms with van der Waals surface area (Å²) in [5.74, 6) is 0.190. The van der Waals surface area contributed by atoms with Gasteiger partial charge in [0.2, 0.25) is 0 Å². The number of para-hydroxylation sites is 1. The fourth-order valence-corrected chi connectivity index (χ4v) is 2.24. The molecule has 0 aliphatic rings. The number of rotatable bonds is 5. The molecule has 134 valence electrons. The second kappa shape index (κ2) is 7.46. The van der Waals surface area contributed by atoms with Gasteiger partial charge in [-0.25, -0.2) is 0 Å². The summed E-state index contributed by atoms with van der Waals surface area (Å²) in [5.41, 5.74) is 0.261. The molecule has 0 aliphatic heterocycles. The number of phenols is 1. The Kier molecular flexibility index (Phi) is 5.56. The topological polar surface area (TPSA) is 45.1 Å². The van der Waals surface area contributed by atoms with Crippen LogP contribution in [-0.2, 0) is 6.18 Å². The highest BCUT2D eigenvalue weighted by molar-refractivity contribution is 5.88. The van der Waals surface area contributed by atoms with Crippen LogP contribution in [0.4, 0.5) is 24.5 Å². The molecule has 0 amide bonds. The standard InChI is InChI=1S/C18H19F3N2O2/c1-4-25-16-7-5-6-12(17(16)24)11-22-14-10-13(18(19,20)21)8-9-15(14)23(2)3/h5-11,24H,4H2,1-3H3. The molecular weight excluding hydrogens is 333 g/mol. The van der Waals surface area contributed by atoms with Crippen LogP contribution in [0.3, 0.4) is 0 Å². The third-order valence-corrected chi connectivity index (χ3v) is 3.46. The van der Waals surface area contributed by atoms with Crippen LogP contribution in [0.2, 0.25) is 0 Å². The van der Waals surface area contributed by atoms with E-state index >= 15 is 0 Å². The van der Waals surface area contributed by atoms with E-state index in [0.29, 0.717) is 23.6 Å². The van der Waals surface area contributed by atoms with Gasteiger partial charge in [0, 0.05) is 25.9 Å². The Balaban J connectivity index is 2.45. The smallest absolute Gasteiger partial charge is 0.416 e. The molecule has 7 heteroatoms. The summed E-state index contributed by atoms with van der Waals surface area (Å²) in [5, 5.41) is 10.2. The van der Waals surface area contributed by atoms with Gasteiger partial charge in [-0.05, 0) is 37.3 Å². The molecule has 2 aromatic rings. The largest absolute Gasteiger partial charge is 0.504 e. The molecule has 0 radical (unpaired) electrons. The van der Waals surface area contributed by atoms with Crippen molar-refractivity contribution >= 4 is 17.6 Å². The van der Waals surface area contributed by atoms with Crippen molar-refractivity contribution in [2.75, 3.05) is 25.6 Å². The number of anilines is 1. The Morgan fingerprint density at radius 3 is 2.52 bits per heavy atom. The molecule has 0 heterocycles. The molecule has 0 fully saturated rings. The van der Waals surface area contributed by atoms with Gasteiger partial charge in [-0.15, -0.1) is 0 Å². The minimum Gasteiger partial charge on any atom is -0.504 e. The SMILES string of the molecule is CCOc1cccc(C=Nc2cc(C(F)(F)F)ccc2N(C)C)c1O. The first kappa shape index (κ1) is 18.6. The molecule has 25 heavy (non-hydrogen) atoms. The van der Waals surface area contributed by atoms with E-state index in [2.05, 4.69) is 4.99 Å². The number of hydrogen-bond acceptors (Lipinski definition) is 4. The zero-order chi connectivity index (χ0) is 18.6. The first-order valence-electron chi connectivity index (χ1n) is 7.61. The highest BCUT2D eigenvalue weighted by Crippen LogP contribution is 2.36. The second-order valence-corrected chi connectivity index (χ2v) is 5.48. The minimum absolute atomic E-state index is 0.105. The van der Waals surface area contributed by atoms with Crippen LogP contribution >= 0.6 is 0 Å². The lowest BCUT2D eigenvalue weighted by molar-refractivity contribution is -0.137. The Hall–Kier alpha value is -2.70. The summed E-state index contributed by atoms with van der Waals surface area (Å²) in [4.78, 5) is 5.82. The number of hydrogen-bond donors (Lipinski definition) is 1. The van der Waals surface area contributed by atoms with Crippen LogP contribution in [0.25, 0.3) is 0 Å². The van der Waals surface area contributed by atoms with Crippen LogP contribution in [0.1, 0.15) is 18.1 Å². The van der Waals surface area contributed by atoms with Crippen molar-refractivity contribution in [2.24, 2.45) is 4.99 Å². The summed E-state index contributed by atoms with van der Waals surface area (Å²) in [7, 11) is 3.43. The highest BCUT2D eigenvalue weighted by atomic mass is 19.4. The molecule has 0 aliphatic carbocycles. The van der Waals surface area contributed by atoms with Crippen LogP contribution in [0.15, 0.2) is 41.4 Å². The number of benzene rings is 2. The quantitative estimate of drug-likeness (QED) is 0.798. The molecule has 0 unspecified atom stereocenters. The van der Waals surface area contributed by atoms with E-state index in [-0.39, 0.29) is 11.4 Å². The molecule has 0 aromatic heterocycles. The van der Waals surface area contributed by atoms with Gasteiger partial charge in [-0.3, -0.25) is 4.99 Å². The molecule has 0 saturated heterocycles. The molecule has 0 saturated carbocycles. The van der Waals surface area contributed by atoms with E-state index in [4.69, 9.17) is 4.74 Å². The van der Waals surface area contributed by atoms with Gasteiger partial charge in [-0.1, -0.05) is 6.07 Å². The lowest BCUT2D eigenvalue weighted by Crippen LogP contribution is -2.10. The third kappa shape index (κ3) is 4.43. The average molecular weight is 352 g/mol. The van der Waals surface area contributed by atoms with Crippen LogP contribution < -0.4 is 9.64 Å². The van der Waals surface area contributed by atoms with E-state index in [9.17, 15) is 18.3 Å². The van der Waals surface area contributed by atoms with E-state index in [1.165, 1.54) is 12.3 Å². The van der Waals surface area contributed by atoms with Crippen LogP contribution in [0.5, 0.6) is 11.5 Å². The van der Waals surface area contributed by atoms with Gasteiger partial charge in [0.15, 0.2) is 11.5 Å². The van der Waals surface area contributed by atoms with Crippen molar-refractivity contribution in [3.63, 3.8) is 0 Å². The van der Waals surface area contributed by atoms with Crippen molar-refractivity contribution in [3.8, 4) is 11.5 Å². The summed E-state index contributed by atoms with van der Waals surface area (Å²) < 4.78 is 44.1. The minimum atomic E-state index is -4.45. The molecule has 0 bridgehead atoms. The van der Waals surface area contributed by atoms with Crippen LogP contribution in [0, 0.1) is 0 Å². The summed E-state index contributed by atoms with van der Waals surface area (Å²) in [6.45, 7) is 2.17. The first-order chi connectivity index (χ1) is 11.7. The Bertz CT molecular complexity index is 771. The van der Waals surface area contributed by atoms with Crippen molar-refractivity contribution < 1.29 is 23.0 Å². The van der Waals surface area contributed by atoms with E-state index in [1.54, 1.807) is 44.1 Å². The predicted molar refractivity (Wildman–Crippen MR) is 92.3 cm³/mol. The zero-order valence-corrected chi connectivity index (χ0v) is 14.1. The van der Waals surface area contributed by atoms with Gasteiger partial charge >= 0.3 is 6.18 Å². The number of phenolic OH excluding ortho intramolecular Hbond substituents is 1. The van der Waals surface area contributed by atoms with Crippen molar-refractivity contribution in [3.05, 3.63) is 47.5 Å². The fraction of sp³-hybridized carbons (Fsp3) is 0.278. The maximum atomic E-state index is 12.9. The molecule has 0 atom stereocenters. The average Bonchev–Trinajstić information content (AvgIpc) is 2.54. The monoisotopic (exact) mass is 352 g/mol. The summed E-state index contributed by atoms with van der Waals surface area (Å²) in [6.07, 6.45) is -3.13. The highest BCUT2D eigenvalue weighted by Gasteiger charge is 2.31. The van der Waals surface area contributed by atoms with Gasteiger partial charge in [0.1, 0.15) is 0 Å². The predicted octanol–water partition coefficient (Wildman–Crippen LogP) is 4.63. The van der Waals surface area contributed by atoms with Gasteiger partial charge in [0.25, 0.3) is 0 Å². The Morgan fingerprint density at radius 2 is 1.92 bits per heavy atom. The second-order valence-electron chi connectivity index (χ2n) is 5.48. The maximum absolute atomic E-state index is 12.9. The fourth-order valence-electron chi connectivity index (χ4n) is 2.24. The number of alkyl halides is 3. The first-order valence-corrected chi connectivity index (χ1v) is 7.61. The molecule has 0 spiro atoms. The van der Waals surface area contributed by atoms with E-state index in [1.807, 2.05) is 0 Å². The lowest BCUT2D eigenvalue weighted by Gasteiger charge is -2.17. The molecule has 1 N–H and O–H groups in total. The maximum Gasteiger partial charge on any atom is 0.416 e. The number of aliphatic imine (C=N–C) groups is 1. The van der Waals surface area contributed by atoms with Gasteiger partial charge < -0.3 is 14.7 Å². The van der Waals surface area contributed by atoms with E-state index < -0.39 is 11.7 Å². The zero-order valence-electron chi connectivity index (χ0n) is 14.1. The van der Waals surface area contributed by atoms with Gasteiger partial charge in [-0.2, -0.15) is 13.2 Å². The molecule has 4 nitrogen and oxygen atoms in total. The normalized spacial score (nSPS) is 11.8. The number of ether oxygens (including phenoxy) is 1. The lowest BCUT2D eigenvalue weighted by atomic mass is 10.1. The Morgan fingerprint density at radius 1 is 1.20 bits per heavy atom. The molecule has 2 rings (SSSR count). The summed E-state index contributed by atoms with van der Waals surface area (Å²) in [6, 6.07) is 8.24. The van der Waals surface area contributed by atoms with Crippen molar-refractivity contribution in [1.29, 1.82) is 0 Å². The Labute approximate surface area is 144 Å². The summed E-state index contributed by atoms with van der Waals surface area (Å²) >= 11 is 0. The van der Waals surface area contributed by atoms with Gasteiger partial charge in [0.05, 0.1) is 23.5 Å². The number of halogens is 3. The van der Waals surface area contributed by atoms with E-state index in [0.717, 1.165) is 12.1 Å². The van der Waals surface area contributed by atoms with Crippen molar-refractivity contribution in [1.82, 2.24) is 0 Å². The molecular formula is C18H19F3N2O2. The number of aromatic hydroxyl groups is 1. The number of nitrogens with zero attached hydrogens (tertiary/aromatic N) is 2. The molecule has 2 aromatic carbocycles.